The monoisotopic (exact) mass is 499 g/mol. The Labute approximate surface area is 205 Å². The van der Waals surface area contributed by atoms with Crippen molar-refractivity contribution in [2.45, 2.75) is 12.5 Å². The van der Waals surface area contributed by atoms with Crippen molar-refractivity contribution in [2.75, 3.05) is 38.2 Å². The molecule has 35 heavy (non-hydrogen) atoms. The molecule has 11 heteroatoms. The van der Waals surface area contributed by atoms with Gasteiger partial charge in [-0.2, -0.15) is 0 Å². The molecule has 0 saturated carbocycles. The van der Waals surface area contributed by atoms with Gasteiger partial charge in [0.15, 0.2) is 11.6 Å². The Morgan fingerprint density at radius 1 is 1.31 bits per heavy atom. The summed E-state index contributed by atoms with van der Waals surface area (Å²) in [5.74, 6) is 0.420. The fourth-order valence-corrected chi connectivity index (χ4v) is 4.08. The minimum Gasteiger partial charge on any atom is -0.491 e. The predicted octanol–water partition coefficient (Wildman–Crippen LogP) is 3.75. The fraction of sp³-hybridized carbons (Fsp3) is 0.333. The molecule has 0 radical (unpaired) electrons. The first-order chi connectivity index (χ1) is 17.0. The van der Waals surface area contributed by atoms with Crippen LogP contribution in [0.4, 0.5) is 15.9 Å². The average Bonchev–Trinajstić information content (AvgIpc) is 3.30. The molecule has 0 spiro atoms. The van der Waals surface area contributed by atoms with Gasteiger partial charge < -0.3 is 24.4 Å². The summed E-state index contributed by atoms with van der Waals surface area (Å²) >= 11 is 6.22. The molecule has 2 saturated heterocycles. The summed E-state index contributed by atoms with van der Waals surface area (Å²) in [7, 11) is 0. The molecule has 3 aromatic rings. The first-order valence-electron chi connectivity index (χ1n) is 11.2. The maximum Gasteiger partial charge on any atom is 0.246 e. The number of halogens is 2. The lowest BCUT2D eigenvalue weighted by Crippen LogP contribution is -2.32. The molecule has 1 N–H and O–H groups in total. The third kappa shape index (κ3) is 4.98. The summed E-state index contributed by atoms with van der Waals surface area (Å²) in [4.78, 5) is 26.5. The number of rotatable bonds is 8. The van der Waals surface area contributed by atoms with Crippen molar-refractivity contribution in [1.29, 1.82) is 0 Å². The zero-order valence-electron chi connectivity index (χ0n) is 18.7. The van der Waals surface area contributed by atoms with Crippen LogP contribution in [0.5, 0.6) is 11.6 Å². The maximum atomic E-state index is 15.0. The van der Waals surface area contributed by atoms with Crippen molar-refractivity contribution in [1.82, 2.24) is 19.9 Å². The smallest absolute Gasteiger partial charge is 0.246 e. The van der Waals surface area contributed by atoms with Crippen LogP contribution in [0.15, 0.2) is 43.2 Å². The second kappa shape index (κ2) is 10.0. The van der Waals surface area contributed by atoms with Gasteiger partial charge in [0.25, 0.3) is 0 Å². The van der Waals surface area contributed by atoms with Crippen LogP contribution in [0.25, 0.3) is 11.0 Å². The number of amides is 1. The van der Waals surface area contributed by atoms with Gasteiger partial charge >= 0.3 is 0 Å². The zero-order valence-corrected chi connectivity index (χ0v) is 19.5. The number of nitrogens with zero attached hydrogens (tertiary/aromatic N) is 4. The van der Waals surface area contributed by atoms with Gasteiger partial charge in [0.2, 0.25) is 11.8 Å². The van der Waals surface area contributed by atoms with E-state index in [0.29, 0.717) is 62.1 Å². The molecular formula is C24H23ClFN5O4. The van der Waals surface area contributed by atoms with Gasteiger partial charge in [-0.25, -0.2) is 19.3 Å². The summed E-state index contributed by atoms with van der Waals surface area (Å²) < 4.78 is 31.8. The first kappa shape index (κ1) is 23.3. The van der Waals surface area contributed by atoms with Crippen LogP contribution in [0.3, 0.4) is 0 Å². The highest BCUT2D eigenvalue weighted by molar-refractivity contribution is 6.32. The summed E-state index contributed by atoms with van der Waals surface area (Å²) in [6.07, 6.45) is 3.14. The van der Waals surface area contributed by atoms with Crippen molar-refractivity contribution in [3.63, 3.8) is 0 Å². The molecule has 0 bridgehead atoms. The molecular weight excluding hydrogens is 477 g/mol. The highest BCUT2D eigenvalue weighted by Gasteiger charge is 2.27. The first-order valence-corrected chi connectivity index (χ1v) is 11.5. The summed E-state index contributed by atoms with van der Waals surface area (Å²) in [5.41, 5.74) is 1.08. The van der Waals surface area contributed by atoms with Crippen LogP contribution in [-0.2, 0) is 9.53 Å². The van der Waals surface area contributed by atoms with Crippen molar-refractivity contribution in [3.05, 3.63) is 54.1 Å². The number of likely N-dealkylation sites (tertiary alicyclic amines) is 1. The van der Waals surface area contributed by atoms with E-state index >= 15 is 4.39 Å². The Morgan fingerprint density at radius 2 is 2.17 bits per heavy atom. The molecule has 182 valence electrons. The number of aromatic nitrogens is 3. The number of anilines is 2. The minimum absolute atomic E-state index is 0.120. The number of nitrogens with one attached hydrogen (secondary N) is 1. The minimum atomic E-state index is -0.661. The molecule has 1 amide bonds. The highest BCUT2D eigenvalue weighted by Crippen LogP contribution is 2.35. The van der Waals surface area contributed by atoms with E-state index in [0.717, 1.165) is 0 Å². The number of pyridine rings is 1. The molecule has 2 fully saturated rings. The van der Waals surface area contributed by atoms with Gasteiger partial charge in [-0.15, -0.1) is 0 Å². The second-order valence-electron chi connectivity index (χ2n) is 8.34. The maximum absolute atomic E-state index is 15.0. The summed E-state index contributed by atoms with van der Waals surface area (Å²) in [5, 5.41) is 2.83. The molecule has 5 rings (SSSR count). The summed E-state index contributed by atoms with van der Waals surface area (Å²) in [6.45, 7) is 6.23. The van der Waals surface area contributed by atoms with Gasteiger partial charge in [-0.3, -0.25) is 4.79 Å². The van der Waals surface area contributed by atoms with E-state index in [2.05, 4.69) is 26.8 Å². The number of benzene rings is 1. The second-order valence-corrected chi connectivity index (χ2v) is 8.71. The molecule has 9 nitrogen and oxygen atoms in total. The van der Waals surface area contributed by atoms with Crippen molar-refractivity contribution in [3.8, 4) is 11.6 Å². The Balaban J connectivity index is 1.33. The van der Waals surface area contributed by atoms with E-state index < -0.39 is 5.82 Å². The van der Waals surface area contributed by atoms with Crippen molar-refractivity contribution < 1.29 is 23.4 Å². The normalized spacial score (nSPS) is 17.8. The van der Waals surface area contributed by atoms with E-state index in [-0.39, 0.29) is 34.4 Å². The van der Waals surface area contributed by atoms with Gasteiger partial charge in [0.1, 0.15) is 28.7 Å². The van der Waals surface area contributed by atoms with E-state index in [1.54, 1.807) is 23.1 Å². The van der Waals surface area contributed by atoms with E-state index in [1.807, 2.05) is 0 Å². The Hall–Kier alpha value is -3.50. The third-order valence-electron chi connectivity index (χ3n) is 5.86. The standard InChI is InChI=1S/C24H23ClFN5O4/c1-2-20(32)31-8-7-15(9-31)35-19-6-4-17-23(30-19)24(28-13-27-17)29-16-3-5-18(21(25)22(16)26)34-12-14-10-33-11-14/h2-6,13-15H,1,7-12H2,(H,27,28,29)/t15-/m0/s1. The number of hydrogen-bond donors (Lipinski definition) is 1. The number of ether oxygens (including phenoxy) is 3. The SMILES string of the molecule is C=CC(=O)N1CC[C@H](Oc2ccc3ncnc(Nc4ccc(OCC5COC5)c(Cl)c4F)c3n2)C1. The Morgan fingerprint density at radius 3 is 2.94 bits per heavy atom. The van der Waals surface area contributed by atoms with E-state index in [1.165, 1.54) is 18.5 Å². The number of carbonyl (C=O) groups is 1. The highest BCUT2D eigenvalue weighted by atomic mass is 35.5. The number of carbonyl (C=O) groups excluding carboxylic acids is 1. The van der Waals surface area contributed by atoms with E-state index in [9.17, 15) is 4.79 Å². The lowest BCUT2D eigenvalue weighted by atomic mass is 10.1. The van der Waals surface area contributed by atoms with Crippen LogP contribution < -0.4 is 14.8 Å². The molecule has 2 aliphatic rings. The predicted molar refractivity (Wildman–Crippen MR) is 128 cm³/mol. The molecule has 2 aliphatic heterocycles. The van der Waals surface area contributed by atoms with Gasteiger partial charge in [-0.1, -0.05) is 18.2 Å². The lowest BCUT2D eigenvalue weighted by Gasteiger charge is -2.26. The van der Waals surface area contributed by atoms with Gasteiger partial charge in [0, 0.05) is 24.9 Å². The molecule has 0 unspecified atom stereocenters. The lowest BCUT2D eigenvalue weighted by molar-refractivity contribution is -0.125. The van der Waals surface area contributed by atoms with Crippen LogP contribution in [-0.4, -0.2) is 64.8 Å². The van der Waals surface area contributed by atoms with Gasteiger partial charge in [-0.05, 0) is 24.3 Å². The molecule has 2 aromatic heterocycles. The topological polar surface area (TPSA) is 98.7 Å². The Kier molecular flexibility index (Phi) is 6.65. The molecule has 1 aromatic carbocycles. The van der Waals surface area contributed by atoms with Crippen molar-refractivity contribution >= 4 is 40.0 Å². The van der Waals surface area contributed by atoms with Gasteiger partial charge in [0.05, 0.1) is 37.6 Å². The number of fused-ring (bicyclic) bond motifs is 1. The zero-order chi connectivity index (χ0) is 24.4. The third-order valence-corrected chi connectivity index (χ3v) is 6.21. The quantitative estimate of drug-likeness (QED) is 0.468. The average molecular weight is 500 g/mol. The van der Waals surface area contributed by atoms with Crippen LogP contribution >= 0.6 is 11.6 Å². The fourth-order valence-electron chi connectivity index (χ4n) is 3.86. The van der Waals surface area contributed by atoms with Crippen molar-refractivity contribution in [2.24, 2.45) is 5.92 Å². The van der Waals surface area contributed by atoms with E-state index in [4.69, 9.17) is 25.8 Å². The summed E-state index contributed by atoms with van der Waals surface area (Å²) in [6, 6.07) is 6.59. The van der Waals surface area contributed by atoms with Crippen LogP contribution in [0.1, 0.15) is 6.42 Å². The largest absolute Gasteiger partial charge is 0.491 e. The van der Waals surface area contributed by atoms with Crippen LogP contribution in [0.2, 0.25) is 5.02 Å². The number of hydrogen-bond acceptors (Lipinski definition) is 8. The Bertz CT molecular complexity index is 1270. The van der Waals surface area contributed by atoms with Crippen LogP contribution in [0, 0.1) is 11.7 Å². The molecule has 4 heterocycles. The molecule has 0 aliphatic carbocycles. The molecule has 1 atom stereocenters.